The fourth-order valence-corrected chi connectivity index (χ4v) is 3.57. The predicted molar refractivity (Wildman–Crippen MR) is 103 cm³/mol. The zero-order valence-corrected chi connectivity index (χ0v) is 16.8. The molecular weight excluding hydrogens is 352 g/mol. The van der Waals surface area contributed by atoms with Crippen molar-refractivity contribution < 1.29 is 14.3 Å². The van der Waals surface area contributed by atoms with Crippen molar-refractivity contribution in [2.24, 2.45) is 0 Å². The largest absolute Gasteiger partial charge is 0.493 e. The van der Waals surface area contributed by atoms with Gasteiger partial charge in [-0.05, 0) is 39.0 Å². The zero-order valence-electron chi connectivity index (χ0n) is 16.0. The van der Waals surface area contributed by atoms with Gasteiger partial charge in [-0.2, -0.15) is 0 Å². The van der Waals surface area contributed by atoms with Crippen molar-refractivity contribution in [3.63, 3.8) is 0 Å². The van der Waals surface area contributed by atoms with E-state index >= 15 is 0 Å². The highest BCUT2D eigenvalue weighted by Crippen LogP contribution is 2.32. The highest BCUT2D eigenvalue weighted by molar-refractivity contribution is 7.99. The van der Waals surface area contributed by atoms with Gasteiger partial charge in [0.2, 0.25) is 5.91 Å². The zero-order chi connectivity index (χ0) is 19.1. The summed E-state index contributed by atoms with van der Waals surface area (Å²) in [5.74, 6) is 2.51. The molecule has 0 spiro atoms. The van der Waals surface area contributed by atoms with Crippen molar-refractivity contribution in [2.45, 2.75) is 32.5 Å². The number of carbonyl (C=O) groups is 1. The van der Waals surface area contributed by atoms with E-state index < -0.39 is 0 Å². The van der Waals surface area contributed by atoms with E-state index in [-0.39, 0.29) is 5.91 Å². The van der Waals surface area contributed by atoms with Crippen LogP contribution in [0.15, 0.2) is 23.4 Å². The summed E-state index contributed by atoms with van der Waals surface area (Å²) in [6, 6.07) is 5.65. The third kappa shape index (κ3) is 4.30. The number of benzene rings is 1. The lowest BCUT2D eigenvalue weighted by Gasteiger charge is -2.18. The average Bonchev–Trinajstić information content (AvgIpc) is 3.09. The Bertz CT molecular complexity index is 744. The fourth-order valence-electron chi connectivity index (χ4n) is 2.66. The second kappa shape index (κ2) is 9.47. The van der Waals surface area contributed by atoms with Crippen LogP contribution in [0.2, 0.25) is 0 Å². The number of ether oxygens (including phenoxy) is 2. The summed E-state index contributed by atoms with van der Waals surface area (Å²) in [6.45, 7) is 8.13. The minimum absolute atomic E-state index is 0.110. The molecule has 8 heteroatoms. The number of thioether (sulfide) groups is 1. The molecule has 7 nitrogen and oxygen atoms in total. The molecule has 1 heterocycles. The standard InChI is InChI=1S/C18H26N4O3S/c1-6-21(7-2)16(23)12-26-18-20-19-17(22(18)8-3)13-9-10-14(24-4)15(11-13)25-5/h9-11H,6-8,12H2,1-5H3. The first-order valence-electron chi connectivity index (χ1n) is 8.65. The van der Waals surface area contributed by atoms with Crippen LogP contribution in [0.25, 0.3) is 11.4 Å². The molecule has 142 valence electrons. The van der Waals surface area contributed by atoms with E-state index in [2.05, 4.69) is 10.2 Å². The molecule has 1 aromatic carbocycles. The second-order valence-electron chi connectivity index (χ2n) is 5.47. The van der Waals surface area contributed by atoms with Gasteiger partial charge in [0.15, 0.2) is 22.5 Å². The minimum atomic E-state index is 0.110. The van der Waals surface area contributed by atoms with Gasteiger partial charge in [-0.3, -0.25) is 4.79 Å². The van der Waals surface area contributed by atoms with Crippen LogP contribution in [0.3, 0.4) is 0 Å². The van der Waals surface area contributed by atoms with Gasteiger partial charge < -0.3 is 18.9 Å². The summed E-state index contributed by atoms with van der Waals surface area (Å²) in [5.41, 5.74) is 0.888. The van der Waals surface area contributed by atoms with Gasteiger partial charge in [0.05, 0.1) is 20.0 Å². The van der Waals surface area contributed by atoms with Crippen LogP contribution in [0.5, 0.6) is 11.5 Å². The highest BCUT2D eigenvalue weighted by Gasteiger charge is 2.17. The lowest BCUT2D eigenvalue weighted by Crippen LogP contribution is -2.31. The lowest BCUT2D eigenvalue weighted by atomic mass is 10.2. The monoisotopic (exact) mass is 378 g/mol. The number of methoxy groups -OCH3 is 2. The fraction of sp³-hybridized carbons (Fsp3) is 0.500. The Morgan fingerprint density at radius 2 is 1.81 bits per heavy atom. The molecule has 0 aliphatic heterocycles. The number of hydrogen-bond donors (Lipinski definition) is 0. The van der Waals surface area contributed by atoms with E-state index in [9.17, 15) is 4.79 Å². The normalized spacial score (nSPS) is 10.7. The summed E-state index contributed by atoms with van der Waals surface area (Å²) >= 11 is 1.41. The molecule has 26 heavy (non-hydrogen) atoms. The molecule has 0 radical (unpaired) electrons. The maximum Gasteiger partial charge on any atom is 0.233 e. The molecule has 2 rings (SSSR count). The Morgan fingerprint density at radius 1 is 1.12 bits per heavy atom. The number of rotatable bonds is 9. The Labute approximate surface area is 158 Å². The van der Waals surface area contributed by atoms with E-state index in [1.807, 2.05) is 48.4 Å². The number of aromatic nitrogens is 3. The number of carbonyl (C=O) groups excluding carboxylic acids is 1. The van der Waals surface area contributed by atoms with Crippen LogP contribution in [0, 0.1) is 0 Å². The second-order valence-corrected chi connectivity index (χ2v) is 6.42. The highest BCUT2D eigenvalue weighted by atomic mass is 32.2. The van der Waals surface area contributed by atoms with Crippen LogP contribution < -0.4 is 9.47 Å². The van der Waals surface area contributed by atoms with Crippen molar-refractivity contribution in [2.75, 3.05) is 33.1 Å². The first-order valence-corrected chi connectivity index (χ1v) is 9.64. The Balaban J connectivity index is 2.24. The van der Waals surface area contributed by atoms with Crippen LogP contribution in [-0.4, -0.2) is 58.6 Å². The maximum atomic E-state index is 12.2. The van der Waals surface area contributed by atoms with E-state index in [1.54, 1.807) is 14.2 Å². The van der Waals surface area contributed by atoms with Gasteiger partial charge in [-0.1, -0.05) is 11.8 Å². The molecule has 0 N–H and O–H groups in total. The molecule has 1 amide bonds. The smallest absolute Gasteiger partial charge is 0.233 e. The third-order valence-electron chi connectivity index (χ3n) is 4.12. The first-order chi connectivity index (χ1) is 12.6. The van der Waals surface area contributed by atoms with E-state index in [1.165, 1.54) is 11.8 Å². The van der Waals surface area contributed by atoms with Crippen LogP contribution in [0.1, 0.15) is 20.8 Å². The molecule has 2 aromatic rings. The number of hydrogen-bond acceptors (Lipinski definition) is 6. The van der Waals surface area contributed by atoms with E-state index in [0.717, 1.165) is 16.5 Å². The van der Waals surface area contributed by atoms with Crippen molar-refractivity contribution in [1.82, 2.24) is 19.7 Å². The third-order valence-corrected chi connectivity index (χ3v) is 5.07. The predicted octanol–water partition coefficient (Wildman–Crippen LogP) is 2.94. The summed E-state index contributed by atoms with van der Waals surface area (Å²) < 4.78 is 12.7. The van der Waals surface area contributed by atoms with E-state index in [4.69, 9.17) is 9.47 Å². The van der Waals surface area contributed by atoms with Crippen molar-refractivity contribution in [1.29, 1.82) is 0 Å². The quantitative estimate of drug-likeness (QED) is 0.625. The topological polar surface area (TPSA) is 69.5 Å². The molecule has 0 saturated heterocycles. The number of amides is 1. The van der Waals surface area contributed by atoms with Gasteiger partial charge in [0.25, 0.3) is 0 Å². The van der Waals surface area contributed by atoms with Crippen LogP contribution in [0.4, 0.5) is 0 Å². The van der Waals surface area contributed by atoms with Crippen molar-refractivity contribution >= 4 is 17.7 Å². The maximum absolute atomic E-state index is 12.2. The number of nitrogens with zero attached hydrogens (tertiary/aromatic N) is 4. The molecule has 0 aliphatic carbocycles. The van der Waals surface area contributed by atoms with E-state index in [0.29, 0.717) is 36.9 Å². The van der Waals surface area contributed by atoms with Gasteiger partial charge in [0.1, 0.15) is 0 Å². The van der Waals surface area contributed by atoms with Crippen molar-refractivity contribution in [3.8, 4) is 22.9 Å². The van der Waals surface area contributed by atoms with Gasteiger partial charge in [-0.15, -0.1) is 10.2 Å². The summed E-state index contributed by atoms with van der Waals surface area (Å²) in [4.78, 5) is 14.0. The molecule has 0 atom stereocenters. The van der Waals surface area contributed by atoms with Crippen LogP contribution in [-0.2, 0) is 11.3 Å². The summed E-state index contributed by atoms with van der Waals surface area (Å²) in [5, 5.41) is 9.33. The molecule has 0 bridgehead atoms. The lowest BCUT2D eigenvalue weighted by molar-refractivity contribution is -0.127. The molecule has 1 aromatic heterocycles. The molecular formula is C18H26N4O3S. The average molecular weight is 378 g/mol. The van der Waals surface area contributed by atoms with Crippen LogP contribution >= 0.6 is 11.8 Å². The molecule has 0 aliphatic rings. The Kier molecular flexibility index (Phi) is 7.32. The first kappa shape index (κ1) is 20.1. The summed E-state index contributed by atoms with van der Waals surface area (Å²) in [6.07, 6.45) is 0. The molecule has 0 unspecified atom stereocenters. The van der Waals surface area contributed by atoms with Gasteiger partial charge in [-0.25, -0.2) is 0 Å². The van der Waals surface area contributed by atoms with Gasteiger partial charge in [0, 0.05) is 25.2 Å². The SMILES string of the molecule is CCN(CC)C(=O)CSc1nnc(-c2ccc(OC)c(OC)c2)n1CC. The summed E-state index contributed by atoms with van der Waals surface area (Å²) in [7, 11) is 3.21. The van der Waals surface area contributed by atoms with Gasteiger partial charge >= 0.3 is 0 Å². The molecule has 0 fully saturated rings. The Hall–Kier alpha value is -2.22. The van der Waals surface area contributed by atoms with Crippen molar-refractivity contribution in [3.05, 3.63) is 18.2 Å². The minimum Gasteiger partial charge on any atom is -0.493 e. The molecule has 0 saturated carbocycles. The Morgan fingerprint density at radius 3 is 2.38 bits per heavy atom.